The first kappa shape index (κ1) is 17.8. The van der Waals surface area contributed by atoms with Crippen molar-refractivity contribution in [1.82, 2.24) is 14.8 Å². The first-order valence-corrected chi connectivity index (χ1v) is 7.83. The minimum Gasteiger partial charge on any atom is -0.495 e. The van der Waals surface area contributed by atoms with Gasteiger partial charge in [-0.05, 0) is 35.9 Å². The average molecular weight is 363 g/mol. The molecule has 0 aliphatic carbocycles. The van der Waals surface area contributed by atoms with Gasteiger partial charge in [0.1, 0.15) is 41.6 Å². The molecule has 3 rings (SSSR count). The Morgan fingerprint density at radius 3 is 2.81 bits per heavy atom. The van der Waals surface area contributed by atoms with Crippen molar-refractivity contribution in [3.05, 3.63) is 72.1 Å². The molecule has 0 radical (unpaired) electrons. The third kappa shape index (κ3) is 3.99. The molecule has 1 amide bonds. The number of benzene rings is 2. The predicted octanol–water partition coefficient (Wildman–Crippen LogP) is 2.96. The average Bonchev–Trinajstić information content (AvgIpc) is 3.21. The first-order chi connectivity index (χ1) is 13.1. The lowest BCUT2D eigenvalue weighted by Gasteiger charge is -2.09. The minimum absolute atomic E-state index is 0.172. The second kappa shape index (κ2) is 7.93. The van der Waals surface area contributed by atoms with Crippen molar-refractivity contribution < 1.29 is 13.9 Å². The Balaban J connectivity index is 1.85. The molecule has 134 valence electrons. The van der Waals surface area contributed by atoms with Crippen LogP contribution in [0, 0.1) is 17.1 Å². The van der Waals surface area contributed by atoms with Gasteiger partial charge in [0.2, 0.25) is 0 Å². The molecule has 0 spiro atoms. The lowest BCUT2D eigenvalue weighted by Crippen LogP contribution is -2.14. The van der Waals surface area contributed by atoms with Gasteiger partial charge < -0.3 is 10.1 Å². The maximum atomic E-state index is 14.3. The second-order valence-corrected chi connectivity index (χ2v) is 5.38. The summed E-state index contributed by atoms with van der Waals surface area (Å²) in [6.45, 7) is 0. The highest BCUT2D eigenvalue weighted by atomic mass is 19.1. The number of nitriles is 1. The van der Waals surface area contributed by atoms with E-state index < -0.39 is 11.7 Å². The molecule has 2 aromatic carbocycles. The number of methoxy groups -OCH3 is 1. The van der Waals surface area contributed by atoms with E-state index >= 15 is 0 Å². The van der Waals surface area contributed by atoms with Gasteiger partial charge >= 0.3 is 0 Å². The molecule has 0 aliphatic heterocycles. The fourth-order valence-electron chi connectivity index (χ4n) is 2.38. The maximum Gasteiger partial charge on any atom is 0.266 e. The summed E-state index contributed by atoms with van der Waals surface area (Å²) in [5.74, 6) is -0.717. The molecule has 1 aromatic heterocycles. The third-order valence-electron chi connectivity index (χ3n) is 3.67. The number of hydrogen-bond donors (Lipinski definition) is 1. The Hall–Kier alpha value is -3.99. The van der Waals surface area contributed by atoms with E-state index in [0.29, 0.717) is 17.0 Å². The van der Waals surface area contributed by atoms with E-state index in [1.807, 2.05) is 6.07 Å². The number of para-hydroxylation sites is 2. The topological polar surface area (TPSA) is 92.8 Å². The molecule has 0 bridgehead atoms. The third-order valence-corrected chi connectivity index (χ3v) is 3.67. The van der Waals surface area contributed by atoms with Gasteiger partial charge in [-0.1, -0.05) is 18.2 Å². The molecule has 1 N–H and O–H groups in total. The molecule has 3 aromatic rings. The number of ether oxygens (including phenoxy) is 1. The van der Waals surface area contributed by atoms with Gasteiger partial charge in [-0.25, -0.2) is 14.1 Å². The lowest BCUT2D eigenvalue weighted by atomic mass is 10.1. The van der Waals surface area contributed by atoms with Gasteiger partial charge in [0.05, 0.1) is 12.8 Å². The van der Waals surface area contributed by atoms with Gasteiger partial charge in [0.15, 0.2) is 0 Å². The van der Waals surface area contributed by atoms with Gasteiger partial charge in [-0.15, -0.1) is 0 Å². The number of halogens is 1. The van der Waals surface area contributed by atoms with Gasteiger partial charge in [0, 0.05) is 0 Å². The van der Waals surface area contributed by atoms with Crippen LogP contribution in [0.5, 0.6) is 5.75 Å². The zero-order valence-electron chi connectivity index (χ0n) is 14.3. The SMILES string of the molecule is COc1ccccc1NC(=O)/C(C#N)=C/c1ccc(-n2cncn2)c(F)c1. The Morgan fingerprint density at radius 1 is 1.33 bits per heavy atom. The van der Waals surface area contributed by atoms with Crippen LogP contribution in [0.2, 0.25) is 0 Å². The Morgan fingerprint density at radius 2 is 2.15 bits per heavy atom. The van der Waals surface area contributed by atoms with Crippen molar-refractivity contribution in [1.29, 1.82) is 5.26 Å². The monoisotopic (exact) mass is 363 g/mol. The fourth-order valence-corrected chi connectivity index (χ4v) is 2.38. The predicted molar refractivity (Wildman–Crippen MR) is 96.5 cm³/mol. The largest absolute Gasteiger partial charge is 0.495 e. The van der Waals surface area contributed by atoms with E-state index in [1.165, 1.54) is 42.7 Å². The Labute approximate surface area is 154 Å². The van der Waals surface area contributed by atoms with Gasteiger partial charge in [0.25, 0.3) is 5.91 Å². The van der Waals surface area contributed by atoms with Crippen LogP contribution in [0.3, 0.4) is 0 Å². The van der Waals surface area contributed by atoms with E-state index in [1.54, 1.807) is 30.3 Å². The summed E-state index contributed by atoms with van der Waals surface area (Å²) in [7, 11) is 1.48. The number of amides is 1. The number of nitrogens with zero attached hydrogens (tertiary/aromatic N) is 4. The first-order valence-electron chi connectivity index (χ1n) is 7.83. The molecule has 27 heavy (non-hydrogen) atoms. The standard InChI is InChI=1S/C19H14FN5O2/c1-27-18-5-3-2-4-16(18)24-19(26)14(10-21)8-13-6-7-17(15(20)9-13)25-12-22-11-23-25/h2-9,11-12H,1H3,(H,24,26)/b14-8+. The van der Waals surface area contributed by atoms with Crippen LogP contribution in [0.4, 0.5) is 10.1 Å². The molecule has 8 heteroatoms. The van der Waals surface area contributed by atoms with Crippen LogP contribution in [0.15, 0.2) is 60.7 Å². The van der Waals surface area contributed by atoms with Gasteiger partial charge in [-0.3, -0.25) is 4.79 Å². The summed E-state index contributed by atoms with van der Waals surface area (Å²) in [6.07, 6.45) is 3.97. The number of anilines is 1. The van der Waals surface area contributed by atoms with Crippen molar-refractivity contribution in [2.45, 2.75) is 0 Å². The number of rotatable bonds is 5. The highest BCUT2D eigenvalue weighted by Crippen LogP contribution is 2.24. The molecule has 0 unspecified atom stereocenters. The van der Waals surface area contributed by atoms with Crippen LogP contribution >= 0.6 is 0 Å². The van der Waals surface area contributed by atoms with Crippen molar-refractivity contribution >= 4 is 17.7 Å². The Bertz CT molecular complexity index is 1040. The van der Waals surface area contributed by atoms with Crippen LogP contribution in [-0.2, 0) is 4.79 Å². The van der Waals surface area contributed by atoms with Crippen molar-refractivity contribution in [2.24, 2.45) is 0 Å². The Kier molecular flexibility index (Phi) is 5.23. The zero-order chi connectivity index (χ0) is 19.2. The van der Waals surface area contributed by atoms with E-state index in [-0.39, 0.29) is 11.3 Å². The number of hydrogen-bond acceptors (Lipinski definition) is 5. The molecule has 0 saturated heterocycles. The minimum atomic E-state index is -0.622. The molecular weight excluding hydrogens is 349 g/mol. The van der Waals surface area contributed by atoms with Crippen LogP contribution in [0.1, 0.15) is 5.56 Å². The number of aromatic nitrogens is 3. The summed E-state index contributed by atoms with van der Waals surface area (Å²) in [4.78, 5) is 16.1. The quantitative estimate of drug-likeness (QED) is 0.556. The highest BCUT2D eigenvalue weighted by molar-refractivity contribution is 6.10. The van der Waals surface area contributed by atoms with Crippen molar-refractivity contribution in [3.63, 3.8) is 0 Å². The normalized spacial score (nSPS) is 10.9. The van der Waals surface area contributed by atoms with Crippen LogP contribution in [-0.4, -0.2) is 27.8 Å². The van der Waals surface area contributed by atoms with Crippen molar-refractivity contribution in [3.8, 4) is 17.5 Å². The maximum absolute atomic E-state index is 14.3. The molecular formula is C19H14FN5O2. The molecule has 0 aliphatic rings. The summed E-state index contributed by atoms with van der Waals surface area (Å²) < 4.78 is 20.7. The van der Waals surface area contributed by atoms with E-state index in [2.05, 4.69) is 15.4 Å². The summed E-state index contributed by atoms with van der Waals surface area (Å²) in [5.41, 5.74) is 0.831. The smallest absolute Gasteiger partial charge is 0.266 e. The highest BCUT2D eigenvalue weighted by Gasteiger charge is 2.13. The second-order valence-electron chi connectivity index (χ2n) is 5.38. The molecule has 7 nitrogen and oxygen atoms in total. The molecule has 1 heterocycles. The summed E-state index contributed by atoms with van der Waals surface area (Å²) in [5, 5.41) is 15.8. The number of nitrogens with one attached hydrogen (secondary N) is 1. The molecule has 0 saturated carbocycles. The van der Waals surface area contributed by atoms with E-state index in [4.69, 9.17) is 4.74 Å². The van der Waals surface area contributed by atoms with E-state index in [0.717, 1.165) is 0 Å². The zero-order valence-corrected chi connectivity index (χ0v) is 14.3. The fraction of sp³-hybridized carbons (Fsp3) is 0.0526. The number of carbonyl (C=O) groups excluding carboxylic acids is 1. The number of carbonyl (C=O) groups is 1. The van der Waals surface area contributed by atoms with Crippen molar-refractivity contribution in [2.75, 3.05) is 12.4 Å². The lowest BCUT2D eigenvalue weighted by molar-refractivity contribution is -0.112. The summed E-state index contributed by atoms with van der Waals surface area (Å²) in [6, 6.07) is 12.9. The van der Waals surface area contributed by atoms with Crippen LogP contribution in [0.25, 0.3) is 11.8 Å². The van der Waals surface area contributed by atoms with E-state index in [9.17, 15) is 14.4 Å². The van der Waals surface area contributed by atoms with Gasteiger partial charge in [-0.2, -0.15) is 10.4 Å². The molecule has 0 fully saturated rings. The molecule has 0 atom stereocenters. The summed E-state index contributed by atoms with van der Waals surface area (Å²) >= 11 is 0. The van der Waals surface area contributed by atoms with Crippen LogP contribution < -0.4 is 10.1 Å².